The highest BCUT2D eigenvalue weighted by atomic mass is 16.1. The third-order valence-electron chi connectivity index (χ3n) is 2.04. The second-order valence-electron chi connectivity index (χ2n) is 2.98. The van der Waals surface area contributed by atoms with Crippen molar-refractivity contribution in [3.63, 3.8) is 0 Å². The van der Waals surface area contributed by atoms with E-state index in [1.54, 1.807) is 0 Å². The summed E-state index contributed by atoms with van der Waals surface area (Å²) in [5.74, 6) is 0.129. The summed E-state index contributed by atoms with van der Waals surface area (Å²) >= 11 is 0. The number of nitrogens with zero attached hydrogens (tertiary/aromatic N) is 1. The highest BCUT2D eigenvalue weighted by Gasteiger charge is 2.09. The molecular weight excluding hydrogens is 168 g/mol. The van der Waals surface area contributed by atoms with Crippen LogP contribution < -0.4 is 5.56 Å². The lowest BCUT2D eigenvalue weighted by molar-refractivity contribution is 0.111. The van der Waals surface area contributed by atoms with Gasteiger partial charge in [-0.2, -0.15) is 0 Å². The van der Waals surface area contributed by atoms with Gasteiger partial charge in [0.15, 0.2) is 6.29 Å². The Kier molecular flexibility index (Phi) is 2.95. The Morgan fingerprint density at radius 2 is 2.38 bits per heavy atom. The average molecular weight is 180 g/mol. The van der Waals surface area contributed by atoms with Crippen LogP contribution in [-0.4, -0.2) is 16.3 Å². The quantitative estimate of drug-likeness (QED) is 0.708. The van der Waals surface area contributed by atoms with Gasteiger partial charge in [-0.3, -0.25) is 14.6 Å². The number of aromatic amines is 1. The zero-order valence-electron chi connectivity index (χ0n) is 7.70. The van der Waals surface area contributed by atoms with Crippen LogP contribution in [0.3, 0.4) is 0 Å². The largest absolute Gasteiger partial charge is 0.317 e. The van der Waals surface area contributed by atoms with Gasteiger partial charge in [0.1, 0.15) is 5.69 Å². The summed E-state index contributed by atoms with van der Waals surface area (Å²) in [4.78, 5) is 28.0. The van der Waals surface area contributed by atoms with Crippen molar-refractivity contribution in [1.82, 2.24) is 9.97 Å². The highest BCUT2D eigenvalue weighted by molar-refractivity contribution is 5.70. The van der Waals surface area contributed by atoms with E-state index in [2.05, 4.69) is 9.97 Å². The normalized spacial score (nSPS) is 12.5. The molecule has 0 amide bonds. The maximum Gasteiger partial charge on any atom is 0.270 e. The summed E-state index contributed by atoms with van der Waals surface area (Å²) in [7, 11) is 0. The third-order valence-corrected chi connectivity index (χ3v) is 2.04. The molecule has 1 aromatic rings. The first kappa shape index (κ1) is 9.64. The summed E-state index contributed by atoms with van der Waals surface area (Å²) in [6.45, 7) is 3.91. The standard InChI is InChI=1S/C9H12N2O2/c1-3-6(2)8-9(13)11-7(5-12)4-10-8/h4-6H,3H2,1-2H3,(H,11,13)/t6-/m0/s1. The zero-order chi connectivity index (χ0) is 9.84. The first-order chi connectivity index (χ1) is 6.19. The van der Waals surface area contributed by atoms with E-state index in [1.807, 2.05) is 13.8 Å². The molecule has 13 heavy (non-hydrogen) atoms. The Morgan fingerprint density at radius 3 is 2.85 bits per heavy atom. The van der Waals surface area contributed by atoms with Gasteiger partial charge < -0.3 is 4.98 Å². The summed E-state index contributed by atoms with van der Waals surface area (Å²) in [6.07, 6.45) is 2.82. The van der Waals surface area contributed by atoms with Gasteiger partial charge in [-0.25, -0.2) is 0 Å². The van der Waals surface area contributed by atoms with Crippen LogP contribution in [0.15, 0.2) is 11.0 Å². The summed E-state index contributed by atoms with van der Waals surface area (Å²) in [5, 5.41) is 0. The number of hydrogen-bond donors (Lipinski definition) is 1. The maximum atomic E-state index is 11.3. The minimum absolute atomic E-state index is 0.129. The lowest BCUT2D eigenvalue weighted by Crippen LogP contribution is -2.18. The molecule has 0 unspecified atom stereocenters. The zero-order valence-corrected chi connectivity index (χ0v) is 7.70. The minimum Gasteiger partial charge on any atom is -0.317 e. The molecule has 1 rings (SSSR count). The molecule has 4 nitrogen and oxygen atoms in total. The van der Waals surface area contributed by atoms with Gasteiger partial charge in [0.2, 0.25) is 0 Å². The van der Waals surface area contributed by atoms with Crippen molar-refractivity contribution in [1.29, 1.82) is 0 Å². The number of nitrogens with one attached hydrogen (secondary N) is 1. The number of hydrogen-bond acceptors (Lipinski definition) is 3. The van der Waals surface area contributed by atoms with E-state index in [0.29, 0.717) is 12.0 Å². The molecule has 0 aliphatic heterocycles. The van der Waals surface area contributed by atoms with E-state index in [0.717, 1.165) is 6.42 Å². The molecule has 70 valence electrons. The molecule has 1 N–H and O–H groups in total. The summed E-state index contributed by atoms with van der Waals surface area (Å²) in [5.41, 5.74) is 0.448. The molecule has 1 atom stereocenters. The predicted octanol–water partition coefficient (Wildman–Crippen LogP) is 1.10. The second-order valence-corrected chi connectivity index (χ2v) is 2.98. The minimum atomic E-state index is -0.265. The smallest absolute Gasteiger partial charge is 0.270 e. The van der Waals surface area contributed by atoms with Crippen LogP contribution in [-0.2, 0) is 0 Å². The van der Waals surface area contributed by atoms with Crippen LogP contribution in [0.1, 0.15) is 42.4 Å². The number of rotatable bonds is 3. The van der Waals surface area contributed by atoms with Gasteiger partial charge >= 0.3 is 0 Å². The molecule has 0 saturated carbocycles. The van der Waals surface area contributed by atoms with E-state index in [1.165, 1.54) is 6.20 Å². The number of aldehydes is 1. The fourth-order valence-electron chi connectivity index (χ4n) is 1.03. The molecule has 0 aliphatic rings. The van der Waals surface area contributed by atoms with Crippen molar-refractivity contribution in [2.75, 3.05) is 0 Å². The first-order valence-corrected chi connectivity index (χ1v) is 4.23. The van der Waals surface area contributed by atoms with Gasteiger partial charge in [-0.05, 0) is 6.42 Å². The molecule has 0 fully saturated rings. The van der Waals surface area contributed by atoms with Crippen LogP contribution in [0.5, 0.6) is 0 Å². The second kappa shape index (κ2) is 3.98. The van der Waals surface area contributed by atoms with E-state index >= 15 is 0 Å². The monoisotopic (exact) mass is 180 g/mol. The van der Waals surface area contributed by atoms with E-state index in [9.17, 15) is 9.59 Å². The number of H-pyrrole nitrogens is 1. The van der Waals surface area contributed by atoms with Crippen molar-refractivity contribution in [2.24, 2.45) is 0 Å². The molecule has 0 aliphatic carbocycles. The Morgan fingerprint density at radius 1 is 1.69 bits per heavy atom. The van der Waals surface area contributed by atoms with Crippen molar-refractivity contribution in [2.45, 2.75) is 26.2 Å². The lowest BCUT2D eigenvalue weighted by Gasteiger charge is -2.05. The molecular formula is C9H12N2O2. The highest BCUT2D eigenvalue weighted by Crippen LogP contribution is 2.10. The Hall–Kier alpha value is -1.45. The van der Waals surface area contributed by atoms with Gasteiger partial charge in [0.05, 0.1) is 11.9 Å². The molecule has 0 saturated heterocycles. The fourth-order valence-corrected chi connectivity index (χ4v) is 1.03. The Bertz CT molecular complexity index is 357. The molecule has 0 bridgehead atoms. The number of carbonyl (C=O) groups is 1. The van der Waals surface area contributed by atoms with Crippen molar-refractivity contribution in [3.05, 3.63) is 27.9 Å². The average Bonchev–Trinajstić information content (AvgIpc) is 2.16. The topological polar surface area (TPSA) is 62.8 Å². The fraction of sp³-hybridized carbons (Fsp3) is 0.444. The first-order valence-electron chi connectivity index (χ1n) is 4.23. The van der Waals surface area contributed by atoms with E-state index in [4.69, 9.17) is 0 Å². The van der Waals surface area contributed by atoms with Crippen molar-refractivity contribution >= 4 is 6.29 Å². The van der Waals surface area contributed by atoms with Crippen LogP contribution in [0.2, 0.25) is 0 Å². The van der Waals surface area contributed by atoms with Crippen LogP contribution >= 0.6 is 0 Å². The van der Waals surface area contributed by atoms with E-state index < -0.39 is 0 Å². The molecule has 0 spiro atoms. The van der Waals surface area contributed by atoms with Gasteiger partial charge in [-0.1, -0.05) is 13.8 Å². The van der Waals surface area contributed by atoms with E-state index in [-0.39, 0.29) is 17.2 Å². The Balaban J connectivity index is 3.12. The summed E-state index contributed by atoms with van der Waals surface area (Å²) < 4.78 is 0. The Labute approximate surface area is 76.0 Å². The molecule has 1 heterocycles. The van der Waals surface area contributed by atoms with Gasteiger partial charge in [-0.15, -0.1) is 0 Å². The van der Waals surface area contributed by atoms with Crippen LogP contribution in [0, 0.1) is 0 Å². The molecule has 0 radical (unpaired) electrons. The van der Waals surface area contributed by atoms with Gasteiger partial charge in [0, 0.05) is 5.92 Å². The van der Waals surface area contributed by atoms with Crippen LogP contribution in [0.4, 0.5) is 0 Å². The number of carbonyl (C=O) groups excluding carboxylic acids is 1. The summed E-state index contributed by atoms with van der Waals surface area (Å²) in [6, 6.07) is 0. The van der Waals surface area contributed by atoms with Crippen molar-refractivity contribution in [3.8, 4) is 0 Å². The maximum absolute atomic E-state index is 11.3. The molecule has 4 heteroatoms. The molecule has 0 aromatic carbocycles. The molecule has 1 aromatic heterocycles. The van der Waals surface area contributed by atoms with Gasteiger partial charge in [0.25, 0.3) is 5.56 Å². The predicted molar refractivity (Wildman–Crippen MR) is 49.0 cm³/mol. The van der Waals surface area contributed by atoms with Crippen molar-refractivity contribution < 1.29 is 4.79 Å². The number of aromatic nitrogens is 2. The lowest BCUT2D eigenvalue weighted by atomic mass is 10.1. The third kappa shape index (κ3) is 2.02. The van der Waals surface area contributed by atoms with Crippen LogP contribution in [0.25, 0.3) is 0 Å². The SMILES string of the molecule is CC[C@H](C)c1ncc(C=O)[nH]c1=O.